The predicted molar refractivity (Wildman–Crippen MR) is 96.0 cm³/mol. The molecule has 1 aromatic heterocycles. The molecule has 5 N–H and O–H groups in total. The average Bonchev–Trinajstić information content (AvgIpc) is 2.51. The molecule has 134 valence electrons. The molecule has 1 aromatic carbocycles. The quantitative estimate of drug-likeness (QED) is 0.775. The van der Waals surface area contributed by atoms with Crippen LogP contribution in [0.5, 0.6) is 17.2 Å². The molecule has 8 nitrogen and oxygen atoms in total. The van der Waals surface area contributed by atoms with Crippen molar-refractivity contribution in [2.24, 2.45) is 0 Å². The van der Waals surface area contributed by atoms with E-state index in [0.29, 0.717) is 22.9 Å². The van der Waals surface area contributed by atoms with E-state index in [1.165, 1.54) is 13.3 Å². The van der Waals surface area contributed by atoms with Crippen molar-refractivity contribution >= 4 is 23.3 Å². The molecule has 8 heteroatoms. The molecule has 0 saturated carbocycles. The fourth-order valence-corrected chi connectivity index (χ4v) is 1.93. The van der Waals surface area contributed by atoms with E-state index in [9.17, 15) is 4.79 Å². The van der Waals surface area contributed by atoms with Gasteiger partial charge in [-0.25, -0.2) is 9.78 Å². The molecule has 0 bridgehead atoms. The molecule has 0 aliphatic heterocycles. The second-order valence-electron chi connectivity index (χ2n) is 6.20. The number of pyridine rings is 1. The maximum atomic E-state index is 11.8. The van der Waals surface area contributed by atoms with Crippen molar-refractivity contribution in [2.75, 3.05) is 23.9 Å². The van der Waals surface area contributed by atoms with Crippen molar-refractivity contribution in [1.82, 2.24) is 4.98 Å². The van der Waals surface area contributed by atoms with Gasteiger partial charge < -0.3 is 25.7 Å². The molecule has 0 saturated heterocycles. The molecule has 1 amide bonds. The fourth-order valence-electron chi connectivity index (χ4n) is 1.93. The Morgan fingerprint density at radius 1 is 1.12 bits per heavy atom. The van der Waals surface area contributed by atoms with Gasteiger partial charge in [0.15, 0.2) is 17.2 Å². The van der Waals surface area contributed by atoms with E-state index in [2.05, 4.69) is 10.3 Å². The summed E-state index contributed by atoms with van der Waals surface area (Å²) in [6.07, 6.45) is 0.931. The first-order valence-corrected chi connectivity index (χ1v) is 7.55. The van der Waals surface area contributed by atoms with Crippen LogP contribution in [0.2, 0.25) is 0 Å². The second-order valence-corrected chi connectivity index (χ2v) is 6.20. The highest BCUT2D eigenvalue weighted by atomic mass is 16.6. The van der Waals surface area contributed by atoms with Gasteiger partial charge in [-0.3, -0.25) is 5.32 Å². The second kappa shape index (κ2) is 7.16. The van der Waals surface area contributed by atoms with Crippen LogP contribution in [-0.2, 0) is 4.74 Å². The molecule has 25 heavy (non-hydrogen) atoms. The van der Waals surface area contributed by atoms with Gasteiger partial charge in [-0.2, -0.15) is 0 Å². The third kappa shape index (κ3) is 4.90. The largest absolute Gasteiger partial charge is 0.493 e. The van der Waals surface area contributed by atoms with Gasteiger partial charge in [-0.15, -0.1) is 0 Å². The molecular formula is C17H22N4O4. The molecule has 0 spiro atoms. The summed E-state index contributed by atoms with van der Waals surface area (Å²) in [4.78, 5) is 15.7. The number of amides is 1. The van der Waals surface area contributed by atoms with Crippen LogP contribution in [0.1, 0.15) is 20.8 Å². The number of aromatic nitrogens is 1. The number of carbonyl (C=O) groups excluding carboxylic acids is 1. The molecule has 0 aliphatic carbocycles. The molecule has 2 rings (SSSR count). The van der Waals surface area contributed by atoms with Gasteiger partial charge in [0.25, 0.3) is 0 Å². The van der Waals surface area contributed by atoms with Crippen LogP contribution < -0.4 is 26.3 Å². The Hall–Kier alpha value is -3.16. The summed E-state index contributed by atoms with van der Waals surface area (Å²) in [6.45, 7) is 5.36. The average molecular weight is 346 g/mol. The van der Waals surface area contributed by atoms with Crippen LogP contribution in [0.3, 0.4) is 0 Å². The fraction of sp³-hybridized carbons (Fsp3) is 0.294. The van der Waals surface area contributed by atoms with Gasteiger partial charge in [0.2, 0.25) is 0 Å². The first kappa shape index (κ1) is 18.2. The Morgan fingerprint density at radius 3 is 2.48 bits per heavy atom. The lowest BCUT2D eigenvalue weighted by Gasteiger charge is -2.20. The minimum absolute atomic E-state index is 0.180. The maximum Gasteiger partial charge on any atom is 0.412 e. The van der Waals surface area contributed by atoms with Gasteiger partial charge in [-0.05, 0) is 32.9 Å². The zero-order valence-corrected chi connectivity index (χ0v) is 14.6. The molecule has 1 heterocycles. The summed E-state index contributed by atoms with van der Waals surface area (Å²) in [7, 11) is 1.49. The maximum absolute atomic E-state index is 11.8. The standard InChI is InChI=1S/C17H22N4O4/c1-17(2,3)25-16(22)21-10-5-6-11(13(9-10)23-4)24-12-7-8-20-15(19)14(12)18/h5-9H,18H2,1-4H3,(H2,19,20)(H,21,22). The monoisotopic (exact) mass is 346 g/mol. The number of carbonyl (C=O) groups is 1. The van der Waals surface area contributed by atoms with Crippen molar-refractivity contribution in [2.45, 2.75) is 26.4 Å². The van der Waals surface area contributed by atoms with E-state index in [4.69, 9.17) is 25.7 Å². The Balaban J connectivity index is 2.19. The number of hydrogen-bond acceptors (Lipinski definition) is 7. The van der Waals surface area contributed by atoms with E-state index in [1.54, 1.807) is 45.0 Å². The molecule has 0 fully saturated rings. The number of benzene rings is 1. The van der Waals surface area contributed by atoms with E-state index < -0.39 is 11.7 Å². The molecule has 0 radical (unpaired) electrons. The summed E-state index contributed by atoms with van der Waals surface area (Å²) in [6, 6.07) is 6.50. The first-order chi connectivity index (χ1) is 11.7. The molecule has 0 unspecified atom stereocenters. The normalized spacial score (nSPS) is 10.9. The van der Waals surface area contributed by atoms with Crippen molar-refractivity contribution < 1.29 is 19.0 Å². The molecule has 2 aromatic rings. The summed E-state index contributed by atoms with van der Waals surface area (Å²) >= 11 is 0. The van der Waals surface area contributed by atoms with Crippen LogP contribution >= 0.6 is 0 Å². The van der Waals surface area contributed by atoms with Crippen LogP contribution in [-0.4, -0.2) is 23.8 Å². The highest BCUT2D eigenvalue weighted by Crippen LogP contribution is 2.37. The smallest absolute Gasteiger partial charge is 0.412 e. The predicted octanol–water partition coefficient (Wildman–Crippen LogP) is 3.39. The number of hydrogen-bond donors (Lipinski definition) is 3. The van der Waals surface area contributed by atoms with Crippen molar-refractivity contribution in [3.63, 3.8) is 0 Å². The Kier molecular flexibility index (Phi) is 5.21. The SMILES string of the molecule is COc1cc(NC(=O)OC(C)(C)C)ccc1Oc1ccnc(N)c1N. The lowest BCUT2D eigenvalue weighted by molar-refractivity contribution is 0.0636. The molecule has 0 atom stereocenters. The van der Waals surface area contributed by atoms with E-state index >= 15 is 0 Å². The number of nitrogen functional groups attached to an aromatic ring is 2. The summed E-state index contributed by atoms with van der Waals surface area (Å²) in [5, 5.41) is 2.63. The van der Waals surface area contributed by atoms with Gasteiger partial charge in [0, 0.05) is 24.0 Å². The summed E-state index contributed by atoms with van der Waals surface area (Å²) in [5.41, 5.74) is 11.7. The summed E-state index contributed by atoms with van der Waals surface area (Å²) in [5.74, 6) is 1.36. The number of anilines is 3. The van der Waals surface area contributed by atoms with Crippen LogP contribution in [0.15, 0.2) is 30.5 Å². The lowest BCUT2D eigenvalue weighted by Crippen LogP contribution is -2.27. The Morgan fingerprint density at radius 2 is 1.84 bits per heavy atom. The Labute approximate surface area is 146 Å². The third-order valence-electron chi connectivity index (χ3n) is 3.01. The topological polar surface area (TPSA) is 122 Å². The number of nitrogens with two attached hydrogens (primary N) is 2. The molecular weight excluding hydrogens is 324 g/mol. The van der Waals surface area contributed by atoms with Gasteiger partial charge in [0.1, 0.15) is 17.1 Å². The number of ether oxygens (including phenoxy) is 3. The number of nitrogens with zero attached hydrogens (tertiary/aromatic N) is 1. The van der Waals surface area contributed by atoms with Crippen molar-refractivity contribution in [3.05, 3.63) is 30.5 Å². The summed E-state index contributed by atoms with van der Waals surface area (Å²) < 4.78 is 16.3. The third-order valence-corrected chi connectivity index (χ3v) is 3.01. The van der Waals surface area contributed by atoms with E-state index in [-0.39, 0.29) is 11.5 Å². The van der Waals surface area contributed by atoms with Gasteiger partial charge in [-0.1, -0.05) is 0 Å². The Bertz CT molecular complexity index is 772. The van der Waals surface area contributed by atoms with Gasteiger partial charge in [0.05, 0.1) is 7.11 Å². The van der Waals surface area contributed by atoms with Crippen molar-refractivity contribution in [1.29, 1.82) is 0 Å². The van der Waals surface area contributed by atoms with E-state index in [1.807, 2.05) is 0 Å². The van der Waals surface area contributed by atoms with Crippen LogP contribution in [0, 0.1) is 0 Å². The zero-order chi connectivity index (χ0) is 18.6. The van der Waals surface area contributed by atoms with Crippen molar-refractivity contribution in [3.8, 4) is 17.2 Å². The number of nitrogens with one attached hydrogen (secondary N) is 1. The highest BCUT2D eigenvalue weighted by molar-refractivity contribution is 5.85. The number of rotatable bonds is 4. The van der Waals surface area contributed by atoms with E-state index in [0.717, 1.165) is 0 Å². The van der Waals surface area contributed by atoms with Gasteiger partial charge >= 0.3 is 6.09 Å². The minimum atomic E-state index is -0.587. The van der Waals surface area contributed by atoms with Crippen LogP contribution in [0.25, 0.3) is 0 Å². The zero-order valence-electron chi connectivity index (χ0n) is 14.6. The molecule has 0 aliphatic rings. The number of methoxy groups -OCH3 is 1. The minimum Gasteiger partial charge on any atom is -0.493 e. The van der Waals surface area contributed by atoms with Crippen LogP contribution in [0.4, 0.5) is 22.0 Å². The highest BCUT2D eigenvalue weighted by Gasteiger charge is 2.17. The first-order valence-electron chi connectivity index (χ1n) is 7.55. The lowest BCUT2D eigenvalue weighted by atomic mass is 10.2.